The summed E-state index contributed by atoms with van der Waals surface area (Å²) in [4.78, 5) is 16.2. The van der Waals surface area contributed by atoms with Crippen molar-refractivity contribution in [1.82, 2.24) is 15.2 Å². The summed E-state index contributed by atoms with van der Waals surface area (Å²) < 4.78 is 0. The van der Waals surface area contributed by atoms with Crippen molar-refractivity contribution in [2.75, 3.05) is 5.32 Å². The molecule has 0 fully saturated rings. The van der Waals surface area contributed by atoms with Crippen molar-refractivity contribution in [3.63, 3.8) is 0 Å². The van der Waals surface area contributed by atoms with E-state index in [-0.39, 0.29) is 5.91 Å². The zero-order valence-electron chi connectivity index (χ0n) is 12.6. The highest BCUT2D eigenvalue weighted by molar-refractivity contribution is 5.94. The average molecular weight is 287 g/mol. The number of aromatic nitrogens is 3. The number of anilines is 1. The number of hydrogen-bond acceptors (Lipinski definition) is 4. The molecule has 6 heteroatoms. The molecule has 4 N–H and O–H groups in total. The van der Waals surface area contributed by atoms with Gasteiger partial charge < -0.3 is 11.1 Å². The number of H-pyrrole nitrogens is 1. The van der Waals surface area contributed by atoms with Gasteiger partial charge in [-0.3, -0.25) is 9.89 Å². The Morgan fingerprint density at radius 1 is 1.33 bits per heavy atom. The van der Waals surface area contributed by atoms with E-state index in [4.69, 9.17) is 5.73 Å². The zero-order valence-corrected chi connectivity index (χ0v) is 12.6. The normalized spacial score (nSPS) is 12.4. The molecule has 1 aromatic heterocycles. The molecule has 0 radical (unpaired) electrons. The number of nitrogens with two attached hydrogens (primary N) is 1. The van der Waals surface area contributed by atoms with Crippen molar-refractivity contribution >= 4 is 11.6 Å². The summed E-state index contributed by atoms with van der Waals surface area (Å²) in [5.41, 5.74) is 7.46. The summed E-state index contributed by atoms with van der Waals surface area (Å²) in [7, 11) is 0. The van der Waals surface area contributed by atoms with Gasteiger partial charge in [-0.1, -0.05) is 13.8 Å². The lowest BCUT2D eigenvalue weighted by Crippen LogP contribution is -2.36. The molecule has 2 aromatic rings. The molecule has 0 saturated heterocycles. The van der Waals surface area contributed by atoms with E-state index in [1.54, 1.807) is 0 Å². The Morgan fingerprint density at radius 2 is 2.00 bits per heavy atom. The van der Waals surface area contributed by atoms with E-state index in [1.165, 1.54) is 0 Å². The number of rotatable bonds is 5. The second-order valence-corrected chi connectivity index (χ2v) is 5.55. The lowest BCUT2D eigenvalue weighted by atomic mass is 10.0. The lowest BCUT2D eigenvalue weighted by Gasteiger charge is -2.14. The summed E-state index contributed by atoms with van der Waals surface area (Å²) in [5, 5.41) is 9.71. The minimum absolute atomic E-state index is 0.162. The molecule has 6 nitrogen and oxygen atoms in total. The SMILES string of the molecule is Cc1nc(-c2ccc(NC(=O)[C@@H](N)CC(C)C)cc2)n[nH]1. The van der Waals surface area contributed by atoms with Crippen molar-refractivity contribution in [1.29, 1.82) is 0 Å². The molecular weight excluding hydrogens is 266 g/mol. The van der Waals surface area contributed by atoms with Gasteiger partial charge in [0.15, 0.2) is 5.82 Å². The van der Waals surface area contributed by atoms with Gasteiger partial charge in [0, 0.05) is 11.3 Å². The van der Waals surface area contributed by atoms with Crippen LogP contribution in [0.3, 0.4) is 0 Å². The van der Waals surface area contributed by atoms with Crippen LogP contribution in [0, 0.1) is 12.8 Å². The molecule has 1 atom stereocenters. The predicted octanol–water partition coefficient (Wildman–Crippen LogP) is 2.09. The van der Waals surface area contributed by atoms with E-state index in [0.717, 1.165) is 17.1 Å². The molecule has 0 saturated carbocycles. The molecule has 0 aliphatic heterocycles. The number of carbonyl (C=O) groups is 1. The van der Waals surface area contributed by atoms with Gasteiger partial charge in [0.1, 0.15) is 5.82 Å². The van der Waals surface area contributed by atoms with Crippen LogP contribution >= 0.6 is 0 Å². The van der Waals surface area contributed by atoms with Crippen molar-refractivity contribution in [2.45, 2.75) is 33.2 Å². The van der Waals surface area contributed by atoms with E-state index in [1.807, 2.05) is 45.0 Å². The minimum Gasteiger partial charge on any atom is -0.325 e. The third-order valence-corrected chi connectivity index (χ3v) is 3.07. The molecule has 1 aromatic carbocycles. The Hall–Kier alpha value is -2.21. The van der Waals surface area contributed by atoms with Crippen LogP contribution < -0.4 is 11.1 Å². The van der Waals surface area contributed by atoms with Crippen LogP contribution in [0.15, 0.2) is 24.3 Å². The Balaban J connectivity index is 2.01. The van der Waals surface area contributed by atoms with Crippen molar-refractivity contribution in [3.8, 4) is 11.4 Å². The fourth-order valence-electron chi connectivity index (χ4n) is 2.02. The van der Waals surface area contributed by atoms with Crippen molar-refractivity contribution in [3.05, 3.63) is 30.1 Å². The molecule has 0 aliphatic rings. The van der Waals surface area contributed by atoms with Gasteiger partial charge in [-0.2, -0.15) is 5.10 Å². The maximum atomic E-state index is 11.9. The standard InChI is InChI=1S/C15H21N5O/c1-9(2)8-13(16)15(21)18-12-6-4-11(5-7-12)14-17-10(3)19-20-14/h4-7,9,13H,8,16H2,1-3H3,(H,18,21)(H,17,19,20)/t13-/m0/s1. The number of hydrogen-bond donors (Lipinski definition) is 3. The molecule has 1 amide bonds. The minimum atomic E-state index is -0.486. The van der Waals surface area contributed by atoms with Crippen molar-refractivity contribution in [2.24, 2.45) is 11.7 Å². The zero-order chi connectivity index (χ0) is 15.4. The first kappa shape index (κ1) is 15.2. The van der Waals surface area contributed by atoms with E-state index in [2.05, 4.69) is 20.5 Å². The maximum absolute atomic E-state index is 11.9. The fourth-order valence-corrected chi connectivity index (χ4v) is 2.02. The van der Waals surface area contributed by atoms with Crippen LogP contribution in [-0.2, 0) is 4.79 Å². The number of nitrogens with one attached hydrogen (secondary N) is 2. The van der Waals surface area contributed by atoms with Gasteiger partial charge in [-0.25, -0.2) is 4.98 Å². The van der Waals surface area contributed by atoms with E-state index >= 15 is 0 Å². The first-order valence-corrected chi connectivity index (χ1v) is 7.01. The summed E-state index contributed by atoms with van der Waals surface area (Å²) in [6.45, 7) is 5.93. The Morgan fingerprint density at radius 3 is 2.52 bits per heavy atom. The first-order chi connectivity index (χ1) is 9.95. The summed E-state index contributed by atoms with van der Waals surface area (Å²) in [6, 6.07) is 6.89. The summed E-state index contributed by atoms with van der Waals surface area (Å²) in [5.74, 6) is 1.64. The predicted molar refractivity (Wildman–Crippen MR) is 82.6 cm³/mol. The smallest absolute Gasteiger partial charge is 0.241 e. The number of carbonyl (C=O) groups excluding carboxylic acids is 1. The molecule has 112 valence electrons. The number of aromatic amines is 1. The Kier molecular flexibility index (Phi) is 4.70. The van der Waals surface area contributed by atoms with Crippen molar-refractivity contribution < 1.29 is 4.79 Å². The van der Waals surface area contributed by atoms with Crippen LogP contribution in [0.4, 0.5) is 5.69 Å². The largest absolute Gasteiger partial charge is 0.325 e. The van der Waals surface area contributed by atoms with Gasteiger partial charge in [0.2, 0.25) is 5.91 Å². The van der Waals surface area contributed by atoms with Gasteiger partial charge in [-0.05, 0) is 43.5 Å². The Bertz CT molecular complexity index is 603. The van der Waals surface area contributed by atoms with Crippen LogP contribution in [-0.4, -0.2) is 27.1 Å². The Labute approximate surface area is 124 Å². The third-order valence-electron chi connectivity index (χ3n) is 3.07. The number of nitrogens with zero attached hydrogens (tertiary/aromatic N) is 2. The highest BCUT2D eigenvalue weighted by Gasteiger charge is 2.15. The van der Waals surface area contributed by atoms with Gasteiger partial charge in [-0.15, -0.1) is 0 Å². The topological polar surface area (TPSA) is 96.7 Å². The number of amides is 1. The molecule has 0 spiro atoms. The summed E-state index contributed by atoms with van der Waals surface area (Å²) >= 11 is 0. The first-order valence-electron chi connectivity index (χ1n) is 7.01. The lowest BCUT2D eigenvalue weighted by molar-refractivity contribution is -0.117. The molecule has 21 heavy (non-hydrogen) atoms. The third kappa shape index (κ3) is 4.13. The molecule has 0 unspecified atom stereocenters. The van der Waals surface area contributed by atoms with E-state index in [0.29, 0.717) is 18.2 Å². The molecule has 2 rings (SSSR count). The molecule has 0 bridgehead atoms. The van der Waals surface area contributed by atoms with Crippen LogP contribution in [0.1, 0.15) is 26.1 Å². The highest BCUT2D eigenvalue weighted by Crippen LogP contribution is 2.18. The van der Waals surface area contributed by atoms with Gasteiger partial charge in [0.05, 0.1) is 6.04 Å². The maximum Gasteiger partial charge on any atom is 0.241 e. The van der Waals surface area contributed by atoms with Crippen LogP contribution in [0.5, 0.6) is 0 Å². The number of aryl methyl sites for hydroxylation is 1. The fraction of sp³-hybridized carbons (Fsp3) is 0.400. The van der Waals surface area contributed by atoms with Gasteiger partial charge >= 0.3 is 0 Å². The average Bonchev–Trinajstić information content (AvgIpc) is 2.85. The second-order valence-electron chi connectivity index (χ2n) is 5.55. The van der Waals surface area contributed by atoms with E-state index in [9.17, 15) is 4.79 Å². The van der Waals surface area contributed by atoms with Crippen LogP contribution in [0.25, 0.3) is 11.4 Å². The van der Waals surface area contributed by atoms with Gasteiger partial charge in [0.25, 0.3) is 0 Å². The second kappa shape index (κ2) is 6.49. The molecule has 1 heterocycles. The molecule has 0 aliphatic carbocycles. The summed E-state index contributed by atoms with van der Waals surface area (Å²) in [6.07, 6.45) is 0.667. The molecular formula is C15H21N5O. The van der Waals surface area contributed by atoms with Crippen LogP contribution in [0.2, 0.25) is 0 Å². The van der Waals surface area contributed by atoms with E-state index < -0.39 is 6.04 Å². The number of benzene rings is 1. The highest BCUT2D eigenvalue weighted by atomic mass is 16.2. The quantitative estimate of drug-likeness (QED) is 0.784. The monoisotopic (exact) mass is 287 g/mol.